The van der Waals surface area contributed by atoms with Gasteiger partial charge in [0.15, 0.2) is 0 Å². The van der Waals surface area contributed by atoms with Gasteiger partial charge in [-0.2, -0.15) is 5.10 Å². The van der Waals surface area contributed by atoms with Crippen LogP contribution in [0.2, 0.25) is 0 Å². The zero-order chi connectivity index (χ0) is 9.26. The molecule has 0 fully saturated rings. The van der Waals surface area contributed by atoms with Gasteiger partial charge in [0.2, 0.25) is 0 Å². The van der Waals surface area contributed by atoms with Gasteiger partial charge in [-0.3, -0.25) is 0 Å². The van der Waals surface area contributed by atoms with E-state index in [4.69, 9.17) is 0 Å². The third-order valence-electron chi connectivity index (χ3n) is 1.63. The van der Waals surface area contributed by atoms with Gasteiger partial charge in [0.05, 0.1) is 0 Å². The number of para-hydroxylation sites is 1. The van der Waals surface area contributed by atoms with Crippen molar-refractivity contribution in [2.24, 2.45) is 5.10 Å². The highest BCUT2D eigenvalue weighted by atomic mass is 15.6. The van der Waals surface area contributed by atoms with Crippen molar-refractivity contribution in [1.82, 2.24) is 15.1 Å². The maximum atomic E-state index is 4.21. The largest absolute Gasteiger partial charge is 0.159 e. The molecule has 0 unspecified atom stereocenters. The summed E-state index contributed by atoms with van der Waals surface area (Å²) in [5.41, 5.74) is 2.76. The predicted molar refractivity (Wildman–Crippen MR) is 51.7 cm³/mol. The predicted octanol–water partition coefficient (Wildman–Crippen LogP) is 1.68. The normalized spacial score (nSPS) is 10.3. The highest BCUT2D eigenvalue weighted by molar-refractivity contribution is 5.80. The Bertz CT molecular complexity index is 451. The fourth-order valence-corrected chi connectivity index (χ4v) is 1.12. The molecule has 2 aromatic rings. The Hall–Kier alpha value is -1.71. The van der Waals surface area contributed by atoms with E-state index >= 15 is 0 Å². The minimum atomic E-state index is 0.868. The molecule has 4 nitrogen and oxygen atoms in total. The minimum absolute atomic E-state index is 0.868. The van der Waals surface area contributed by atoms with Gasteiger partial charge in [-0.1, -0.05) is 12.1 Å². The number of rotatable bonds is 1. The Kier molecular flexibility index (Phi) is 1.81. The van der Waals surface area contributed by atoms with Crippen LogP contribution >= 0.6 is 0 Å². The lowest BCUT2D eigenvalue weighted by molar-refractivity contribution is 0.713. The lowest BCUT2D eigenvalue weighted by Crippen LogP contribution is -1.94. The standard InChI is InChI=1S/C9H10N4/c1-7(2)11-13-9-6-4-3-5-8(9)10-12-13/h3-6H,1-2H3. The van der Waals surface area contributed by atoms with Crippen LogP contribution in [0.4, 0.5) is 0 Å². The van der Waals surface area contributed by atoms with Crippen LogP contribution in [0.5, 0.6) is 0 Å². The van der Waals surface area contributed by atoms with Crippen molar-refractivity contribution in [3.8, 4) is 0 Å². The van der Waals surface area contributed by atoms with Crippen molar-refractivity contribution in [2.45, 2.75) is 13.8 Å². The Morgan fingerprint density at radius 2 is 2.08 bits per heavy atom. The Morgan fingerprint density at radius 1 is 1.31 bits per heavy atom. The van der Waals surface area contributed by atoms with E-state index in [-0.39, 0.29) is 0 Å². The average molecular weight is 174 g/mol. The first-order valence-electron chi connectivity index (χ1n) is 4.10. The van der Waals surface area contributed by atoms with Gasteiger partial charge < -0.3 is 0 Å². The van der Waals surface area contributed by atoms with E-state index < -0.39 is 0 Å². The number of hydrogen-bond acceptors (Lipinski definition) is 3. The van der Waals surface area contributed by atoms with Crippen molar-refractivity contribution in [2.75, 3.05) is 0 Å². The van der Waals surface area contributed by atoms with Gasteiger partial charge in [-0.05, 0) is 31.2 Å². The molecule has 0 spiro atoms. The second-order valence-corrected chi connectivity index (χ2v) is 3.01. The third kappa shape index (κ3) is 1.42. The first-order valence-corrected chi connectivity index (χ1v) is 4.10. The summed E-state index contributed by atoms with van der Waals surface area (Å²) in [6.07, 6.45) is 0. The Labute approximate surface area is 75.9 Å². The van der Waals surface area contributed by atoms with Crippen LogP contribution in [-0.2, 0) is 0 Å². The highest BCUT2D eigenvalue weighted by Crippen LogP contribution is 2.08. The Balaban J connectivity index is 2.65. The zero-order valence-corrected chi connectivity index (χ0v) is 7.60. The lowest BCUT2D eigenvalue weighted by Gasteiger charge is -1.92. The van der Waals surface area contributed by atoms with Crippen LogP contribution in [-0.4, -0.2) is 20.8 Å². The summed E-state index contributed by atoms with van der Waals surface area (Å²) < 4.78 is 0. The third-order valence-corrected chi connectivity index (χ3v) is 1.63. The van der Waals surface area contributed by atoms with Crippen molar-refractivity contribution in [3.05, 3.63) is 24.3 Å². The summed E-state index contributed by atoms with van der Waals surface area (Å²) in [5.74, 6) is 0. The molecule has 0 amide bonds. The molecule has 1 aromatic carbocycles. The molecule has 0 saturated heterocycles. The van der Waals surface area contributed by atoms with Gasteiger partial charge in [-0.25, -0.2) is 0 Å². The number of benzene rings is 1. The molecule has 13 heavy (non-hydrogen) atoms. The molecule has 4 heteroatoms. The lowest BCUT2D eigenvalue weighted by atomic mass is 10.3. The van der Waals surface area contributed by atoms with Gasteiger partial charge >= 0.3 is 0 Å². The maximum Gasteiger partial charge on any atom is 0.115 e. The molecule has 0 radical (unpaired) electrons. The van der Waals surface area contributed by atoms with E-state index in [0.29, 0.717) is 0 Å². The molecule has 0 aliphatic heterocycles. The zero-order valence-electron chi connectivity index (χ0n) is 7.60. The van der Waals surface area contributed by atoms with E-state index in [9.17, 15) is 0 Å². The minimum Gasteiger partial charge on any atom is -0.159 e. The maximum absolute atomic E-state index is 4.21. The second-order valence-electron chi connectivity index (χ2n) is 3.01. The van der Waals surface area contributed by atoms with Gasteiger partial charge in [0, 0.05) is 5.71 Å². The molecule has 2 rings (SSSR count). The molecule has 0 bridgehead atoms. The van der Waals surface area contributed by atoms with Gasteiger partial charge in [0.25, 0.3) is 0 Å². The SMILES string of the molecule is CC(C)=Nn1nnc2ccccc21. The van der Waals surface area contributed by atoms with E-state index in [1.807, 2.05) is 38.1 Å². The molecule has 0 aliphatic carbocycles. The molecule has 0 atom stereocenters. The van der Waals surface area contributed by atoms with Gasteiger partial charge in [0.1, 0.15) is 11.0 Å². The first kappa shape index (κ1) is 7.91. The van der Waals surface area contributed by atoms with Crippen LogP contribution in [0.25, 0.3) is 11.0 Å². The topological polar surface area (TPSA) is 43.1 Å². The number of fused-ring (bicyclic) bond motifs is 1. The number of hydrogen-bond donors (Lipinski definition) is 0. The summed E-state index contributed by atoms with van der Waals surface area (Å²) in [6.45, 7) is 3.85. The monoisotopic (exact) mass is 174 g/mol. The van der Waals surface area contributed by atoms with E-state index in [1.165, 1.54) is 0 Å². The first-order chi connectivity index (χ1) is 6.27. The second kappa shape index (κ2) is 2.97. The average Bonchev–Trinajstić information content (AvgIpc) is 2.48. The van der Waals surface area contributed by atoms with Crippen molar-refractivity contribution >= 4 is 16.7 Å². The summed E-state index contributed by atoms with van der Waals surface area (Å²) in [5, 5.41) is 12.1. The van der Waals surface area contributed by atoms with Crippen molar-refractivity contribution < 1.29 is 0 Å². The summed E-state index contributed by atoms with van der Waals surface area (Å²) >= 11 is 0. The number of aromatic nitrogens is 3. The smallest absolute Gasteiger partial charge is 0.115 e. The van der Waals surface area contributed by atoms with E-state index in [1.54, 1.807) is 4.79 Å². The van der Waals surface area contributed by atoms with Crippen LogP contribution in [0.3, 0.4) is 0 Å². The molecular formula is C9H10N4. The fourth-order valence-electron chi connectivity index (χ4n) is 1.12. The summed E-state index contributed by atoms with van der Waals surface area (Å²) in [7, 11) is 0. The highest BCUT2D eigenvalue weighted by Gasteiger charge is 2.00. The van der Waals surface area contributed by atoms with Gasteiger partial charge in [-0.15, -0.1) is 9.89 Å². The van der Waals surface area contributed by atoms with Crippen LogP contribution in [0.1, 0.15) is 13.8 Å². The van der Waals surface area contributed by atoms with Crippen molar-refractivity contribution in [1.29, 1.82) is 0 Å². The Morgan fingerprint density at radius 3 is 2.85 bits per heavy atom. The fraction of sp³-hybridized carbons (Fsp3) is 0.222. The summed E-state index contributed by atoms with van der Waals surface area (Å²) in [6, 6.07) is 7.74. The number of nitrogens with zero attached hydrogens (tertiary/aromatic N) is 4. The molecule has 66 valence electrons. The van der Waals surface area contributed by atoms with E-state index in [2.05, 4.69) is 15.4 Å². The molecule has 0 N–H and O–H groups in total. The molecule has 0 saturated carbocycles. The quantitative estimate of drug-likeness (QED) is 0.617. The molecule has 0 aliphatic rings. The van der Waals surface area contributed by atoms with Crippen LogP contribution in [0, 0.1) is 0 Å². The molecular weight excluding hydrogens is 164 g/mol. The van der Waals surface area contributed by atoms with Crippen LogP contribution < -0.4 is 0 Å². The summed E-state index contributed by atoms with van der Waals surface area (Å²) in [4.78, 5) is 1.55. The van der Waals surface area contributed by atoms with Crippen molar-refractivity contribution in [3.63, 3.8) is 0 Å². The van der Waals surface area contributed by atoms with E-state index in [0.717, 1.165) is 16.7 Å². The molecule has 1 heterocycles. The van der Waals surface area contributed by atoms with Crippen LogP contribution in [0.15, 0.2) is 29.4 Å². The molecule has 1 aromatic heterocycles.